The second-order valence-electron chi connectivity index (χ2n) is 11.6. The maximum atomic E-state index is 13.4. The van der Waals surface area contributed by atoms with E-state index in [0.29, 0.717) is 26.2 Å². The van der Waals surface area contributed by atoms with E-state index >= 15 is 0 Å². The zero-order chi connectivity index (χ0) is 27.6. The Bertz CT molecular complexity index is 770. The Morgan fingerprint density at radius 3 is 2.22 bits per heavy atom. The molecule has 3 atom stereocenters. The zero-order valence-corrected chi connectivity index (χ0v) is 23.3. The average molecular weight is 510 g/mol. The van der Waals surface area contributed by atoms with Gasteiger partial charge in [-0.3, -0.25) is 9.59 Å². The van der Waals surface area contributed by atoms with Crippen molar-refractivity contribution in [3.63, 3.8) is 0 Å². The van der Waals surface area contributed by atoms with Crippen molar-refractivity contribution in [2.45, 2.75) is 66.5 Å². The fourth-order valence-corrected chi connectivity index (χ4v) is 3.85. The van der Waals surface area contributed by atoms with Crippen LogP contribution in [0.15, 0.2) is 25.3 Å². The molecule has 3 amide bonds. The summed E-state index contributed by atoms with van der Waals surface area (Å²) in [6.07, 6.45) is 3.26. The Kier molecular flexibility index (Phi) is 12.1. The third-order valence-corrected chi connectivity index (χ3v) is 5.94. The molecule has 9 heteroatoms. The molecule has 1 heterocycles. The van der Waals surface area contributed by atoms with Crippen LogP contribution in [-0.4, -0.2) is 80.5 Å². The van der Waals surface area contributed by atoms with E-state index in [0.717, 1.165) is 0 Å². The second kappa shape index (κ2) is 13.8. The van der Waals surface area contributed by atoms with Crippen LogP contribution in [-0.2, 0) is 23.8 Å². The predicted octanol–water partition coefficient (Wildman–Crippen LogP) is 3.30. The van der Waals surface area contributed by atoms with Crippen LogP contribution in [0.5, 0.6) is 0 Å². The van der Waals surface area contributed by atoms with Gasteiger partial charge in [-0.15, -0.1) is 13.2 Å². The highest BCUT2D eigenvalue weighted by molar-refractivity contribution is 5.85. The summed E-state index contributed by atoms with van der Waals surface area (Å²) in [5.41, 5.74) is -1.83. The Balaban J connectivity index is 2.80. The first kappa shape index (κ1) is 31.6. The van der Waals surface area contributed by atoms with Gasteiger partial charge < -0.3 is 29.7 Å². The van der Waals surface area contributed by atoms with Gasteiger partial charge in [0.15, 0.2) is 0 Å². The van der Waals surface area contributed by atoms with Gasteiger partial charge in [-0.2, -0.15) is 0 Å². The van der Waals surface area contributed by atoms with Crippen LogP contribution in [0.1, 0.15) is 54.9 Å². The van der Waals surface area contributed by atoms with E-state index < -0.39 is 17.1 Å². The molecule has 9 nitrogen and oxygen atoms in total. The maximum Gasteiger partial charge on any atom is 0.410 e. The largest absolute Gasteiger partial charge is 0.444 e. The van der Waals surface area contributed by atoms with Gasteiger partial charge in [-0.1, -0.05) is 32.9 Å². The molecule has 1 fully saturated rings. The Morgan fingerprint density at radius 2 is 1.67 bits per heavy atom. The summed E-state index contributed by atoms with van der Waals surface area (Å²) in [6.45, 7) is 22.5. The molecule has 0 bridgehead atoms. The van der Waals surface area contributed by atoms with Crippen molar-refractivity contribution >= 4 is 17.9 Å². The predicted molar refractivity (Wildman–Crippen MR) is 140 cm³/mol. The average Bonchev–Trinajstić information content (AvgIpc) is 3.19. The number of rotatable bonds is 13. The molecular weight excluding hydrogens is 462 g/mol. The van der Waals surface area contributed by atoms with E-state index in [1.165, 1.54) is 0 Å². The zero-order valence-electron chi connectivity index (χ0n) is 23.3. The van der Waals surface area contributed by atoms with Gasteiger partial charge in [-0.05, 0) is 39.5 Å². The summed E-state index contributed by atoms with van der Waals surface area (Å²) in [6, 6.07) is -0.331. The summed E-state index contributed by atoms with van der Waals surface area (Å²) < 4.78 is 16.7. The molecule has 0 aliphatic carbocycles. The lowest BCUT2D eigenvalue weighted by atomic mass is 9.80. The number of nitrogens with zero attached hydrogens (tertiary/aromatic N) is 1. The van der Waals surface area contributed by atoms with E-state index in [1.54, 1.807) is 37.8 Å². The topological polar surface area (TPSA) is 106 Å². The third kappa shape index (κ3) is 10.3. The van der Waals surface area contributed by atoms with Gasteiger partial charge in [0.25, 0.3) is 0 Å². The molecule has 1 aliphatic heterocycles. The second-order valence-corrected chi connectivity index (χ2v) is 11.6. The van der Waals surface area contributed by atoms with Gasteiger partial charge >= 0.3 is 6.09 Å². The van der Waals surface area contributed by atoms with Gasteiger partial charge in [0.05, 0.1) is 37.8 Å². The van der Waals surface area contributed by atoms with Crippen LogP contribution < -0.4 is 10.6 Å². The Labute approximate surface area is 217 Å². The highest BCUT2D eigenvalue weighted by Gasteiger charge is 2.47. The molecule has 2 N–H and O–H groups in total. The highest BCUT2D eigenvalue weighted by Crippen LogP contribution is 2.33. The van der Waals surface area contributed by atoms with Gasteiger partial charge in [0.1, 0.15) is 5.60 Å². The lowest BCUT2D eigenvalue weighted by molar-refractivity contribution is -0.135. The molecule has 206 valence electrons. The van der Waals surface area contributed by atoms with Crippen LogP contribution in [0.4, 0.5) is 4.79 Å². The highest BCUT2D eigenvalue weighted by atomic mass is 16.6. The third-order valence-electron chi connectivity index (χ3n) is 5.94. The molecule has 0 aromatic heterocycles. The summed E-state index contributed by atoms with van der Waals surface area (Å²) in [7, 11) is 0. The number of hydrogen-bond donors (Lipinski definition) is 2. The monoisotopic (exact) mass is 509 g/mol. The van der Waals surface area contributed by atoms with E-state index in [9.17, 15) is 14.4 Å². The summed E-state index contributed by atoms with van der Waals surface area (Å²) >= 11 is 0. The molecule has 36 heavy (non-hydrogen) atoms. The molecule has 0 spiro atoms. The van der Waals surface area contributed by atoms with Crippen molar-refractivity contribution < 1.29 is 28.6 Å². The first-order valence-corrected chi connectivity index (χ1v) is 12.6. The number of likely N-dealkylation sites (tertiary alicyclic amines) is 1. The summed E-state index contributed by atoms with van der Waals surface area (Å²) in [5, 5.41) is 5.94. The first-order chi connectivity index (χ1) is 16.6. The molecular formula is C27H47N3O6. The number of carbonyl (C=O) groups excluding carboxylic acids is 3. The normalized spacial score (nSPS) is 19.8. The van der Waals surface area contributed by atoms with Crippen molar-refractivity contribution in [3.05, 3.63) is 25.3 Å². The van der Waals surface area contributed by atoms with Crippen molar-refractivity contribution in [1.29, 1.82) is 0 Å². The summed E-state index contributed by atoms with van der Waals surface area (Å²) in [5.74, 6) is -0.703. The van der Waals surface area contributed by atoms with Crippen molar-refractivity contribution in [1.82, 2.24) is 15.5 Å². The number of hydrogen-bond acceptors (Lipinski definition) is 6. The van der Waals surface area contributed by atoms with Gasteiger partial charge in [0, 0.05) is 25.7 Å². The van der Waals surface area contributed by atoms with Crippen molar-refractivity contribution in [3.8, 4) is 0 Å². The van der Waals surface area contributed by atoms with Crippen LogP contribution in [0, 0.1) is 16.7 Å². The number of amides is 3. The Hall–Kier alpha value is -2.39. The van der Waals surface area contributed by atoms with E-state index in [4.69, 9.17) is 14.2 Å². The number of ether oxygens (including phenoxy) is 3. The number of nitrogens with one attached hydrogen (secondary N) is 2. The standard InChI is InChI=1S/C27H47N3O6/c1-10-14-34-17-21(25(4,5)6)22(31)28-16-20(3)29-23(32)27(19-35-15-11-2)12-13-30(18-27)24(33)36-26(7,8)9/h10-11,20-21H,1-2,12-19H2,3-9H3,(H,28,31)(H,29,32)/t20-,21?,27?/m1/s1. The lowest BCUT2D eigenvalue weighted by Gasteiger charge is -2.31. The molecule has 1 saturated heterocycles. The molecule has 0 radical (unpaired) electrons. The fraction of sp³-hybridized carbons (Fsp3) is 0.741. The van der Waals surface area contributed by atoms with E-state index in [2.05, 4.69) is 23.8 Å². The smallest absolute Gasteiger partial charge is 0.410 e. The van der Waals surface area contributed by atoms with Crippen LogP contribution in [0.3, 0.4) is 0 Å². The van der Waals surface area contributed by atoms with Gasteiger partial charge in [-0.25, -0.2) is 4.79 Å². The maximum absolute atomic E-state index is 13.4. The quantitative estimate of drug-likeness (QED) is 0.292. The lowest BCUT2D eigenvalue weighted by Crippen LogP contribution is -2.52. The molecule has 1 rings (SSSR count). The van der Waals surface area contributed by atoms with E-state index in [-0.39, 0.29) is 55.5 Å². The van der Waals surface area contributed by atoms with Crippen molar-refractivity contribution in [2.24, 2.45) is 16.7 Å². The minimum Gasteiger partial charge on any atom is -0.444 e. The molecule has 1 aliphatic rings. The van der Waals surface area contributed by atoms with Gasteiger partial charge in [0.2, 0.25) is 11.8 Å². The minimum absolute atomic E-state index is 0.131. The molecule has 0 saturated carbocycles. The molecule has 0 aromatic rings. The van der Waals surface area contributed by atoms with Crippen molar-refractivity contribution in [2.75, 3.05) is 46.1 Å². The van der Waals surface area contributed by atoms with E-state index in [1.807, 2.05) is 27.7 Å². The minimum atomic E-state index is -0.912. The van der Waals surface area contributed by atoms with Crippen LogP contribution in [0.2, 0.25) is 0 Å². The van der Waals surface area contributed by atoms with Crippen LogP contribution >= 0.6 is 0 Å². The first-order valence-electron chi connectivity index (χ1n) is 12.6. The molecule has 2 unspecified atom stereocenters. The fourth-order valence-electron chi connectivity index (χ4n) is 3.85. The summed E-state index contributed by atoms with van der Waals surface area (Å²) in [4.78, 5) is 40.4. The molecule has 0 aromatic carbocycles. The Morgan fingerprint density at radius 1 is 1.06 bits per heavy atom. The van der Waals surface area contributed by atoms with Crippen LogP contribution in [0.25, 0.3) is 0 Å². The SMILES string of the molecule is C=CCOCC(C(=O)NC[C@@H](C)NC(=O)C1(COCC=C)CCN(C(=O)OC(C)(C)C)C1)C(C)(C)C. The number of carbonyl (C=O) groups is 3.